The summed E-state index contributed by atoms with van der Waals surface area (Å²) in [6.45, 7) is 0. The molecule has 0 saturated carbocycles. The van der Waals surface area contributed by atoms with Crippen molar-refractivity contribution in [3.8, 4) is 0 Å². The summed E-state index contributed by atoms with van der Waals surface area (Å²) < 4.78 is 16.6. The number of hydrogen-bond acceptors (Lipinski definition) is 8. The van der Waals surface area contributed by atoms with Crippen LogP contribution >= 0.6 is 0 Å². The van der Waals surface area contributed by atoms with E-state index in [4.69, 9.17) is 14.2 Å². The van der Waals surface area contributed by atoms with E-state index in [9.17, 15) is 24.8 Å². The molecule has 1 N–H and O–H groups in total. The second kappa shape index (κ2) is 8.66. The Balaban J connectivity index is 1.48. The zero-order valence-corrected chi connectivity index (χ0v) is 16.2. The third-order valence-electron chi connectivity index (χ3n) is 5.20. The molecular formula is C22H19NO8. The Bertz CT molecular complexity index is 1000. The standard InChI is InChI=1S/C22H19NO8/c24-17(11-8-13-6-9-15(10-7-13)23(27)28)30-22-20-16(12-18(25)31-20)29-21(22)19(26)14-4-2-1-3-5-14/h1-11,16,19-22,26H,12H2/b11-8+/t16-,19-,20+,21-,22-/m1/s1. The van der Waals surface area contributed by atoms with Crippen LogP contribution in [-0.4, -0.2) is 46.4 Å². The van der Waals surface area contributed by atoms with Crippen molar-refractivity contribution in [1.82, 2.24) is 0 Å². The number of carbonyl (C=O) groups excluding carboxylic acids is 2. The minimum absolute atomic E-state index is 0.0232. The predicted molar refractivity (Wildman–Crippen MR) is 107 cm³/mol. The van der Waals surface area contributed by atoms with Gasteiger partial charge in [-0.15, -0.1) is 0 Å². The SMILES string of the molecule is O=C(/C=C/c1ccc([N+](=O)[O-])cc1)O[C@@H]1[C@H]2OC(=O)C[C@H]2O[C@@H]1[C@H](O)c1ccccc1. The highest BCUT2D eigenvalue weighted by Crippen LogP contribution is 2.39. The van der Waals surface area contributed by atoms with Gasteiger partial charge in [-0.25, -0.2) is 4.79 Å². The molecule has 2 aromatic carbocycles. The van der Waals surface area contributed by atoms with Gasteiger partial charge < -0.3 is 19.3 Å². The van der Waals surface area contributed by atoms with Crippen LogP contribution < -0.4 is 0 Å². The fraction of sp³-hybridized carbons (Fsp3) is 0.273. The third-order valence-corrected chi connectivity index (χ3v) is 5.20. The molecular weight excluding hydrogens is 406 g/mol. The largest absolute Gasteiger partial charge is 0.455 e. The van der Waals surface area contributed by atoms with Gasteiger partial charge in [0.05, 0.1) is 11.3 Å². The lowest BCUT2D eigenvalue weighted by Gasteiger charge is -2.25. The summed E-state index contributed by atoms with van der Waals surface area (Å²) in [5.41, 5.74) is 1.09. The molecule has 0 aromatic heterocycles. The van der Waals surface area contributed by atoms with E-state index in [1.807, 2.05) is 6.07 Å². The van der Waals surface area contributed by atoms with Crippen LogP contribution in [0.1, 0.15) is 23.7 Å². The number of carbonyl (C=O) groups is 2. The van der Waals surface area contributed by atoms with Crippen molar-refractivity contribution in [2.75, 3.05) is 0 Å². The number of aliphatic hydroxyl groups excluding tert-OH is 1. The Hall–Kier alpha value is -3.56. The second-order valence-electron chi connectivity index (χ2n) is 7.24. The van der Waals surface area contributed by atoms with Crippen LogP contribution in [-0.2, 0) is 23.8 Å². The molecule has 2 aliphatic rings. The van der Waals surface area contributed by atoms with Gasteiger partial charge in [-0.3, -0.25) is 14.9 Å². The third kappa shape index (κ3) is 4.47. The molecule has 5 atom stereocenters. The first-order valence-corrected chi connectivity index (χ1v) is 9.63. The summed E-state index contributed by atoms with van der Waals surface area (Å²) in [5, 5.41) is 21.5. The first-order chi connectivity index (χ1) is 14.9. The van der Waals surface area contributed by atoms with Crippen molar-refractivity contribution >= 4 is 23.7 Å². The van der Waals surface area contributed by atoms with E-state index in [0.717, 1.165) is 6.08 Å². The van der Waals surface area contributed by atoms with Gasteiger partial charge in [0.2, 0.25) is 0 Å². The number of hydrogen-bond donors (Lipinski definition) is 1. The molecule has 2 fully saturated rings. The number of nitrogens with zero attached hydrogens (tertiary/aromatic N) is 1. The topological polar surface area (TPSA) is 125 Å². The van der Waals surface area contributed by atoms with Gasteiger partial charge in [0, 0.05) is 18.2 Å². The van der Waals surface area contributed by atoms with Gasteiger partial charge in [0.15, 0.2) is 12.2 Å². The van der Waals surface area contributed by atoms with Crippen LogP contribution in [0, 0.1) is 10.1 Å². The molecule has 0 amide bonds. The zero-order chi connectivity index (χ0) is 22.0. The van der Waals surface area contributed by atoms with Crippen molar-refractivity contribution in [3.63, 3.8) is 0 Å². The molecule has 2 saturated heterocycles. The minimum atomic E-state index is -1.08. The molecule has 2 heterocycles. The summed E-state index contributed by atoms with van der Waals surface area (Å²) in [6, 6.07) is 14.4. The summed E-state index contributed by atoms with van der Waals surface area (Å²) in [4.78, 5) is 34.3. The quantitative estimate of drug-likeness (QED) is 0.324. The fourth-order valence-electron chi connectivity index (χ4n) is 3.70. The molecule has 4 rings (SSSR count). The number of nitro groups is 1. The molecule has 31 heavy (non-hydrogen) atoms. The monoisotopic (exact) mass is 425 g/mol. The van der Waals surface area contributed by atoms with Gasteiger partial charge in [-0.2, -0.15) is 0 Å². The van der Waals surface area contributed by atoms with Crippen molar-refractivity contribution in [1.29, 1.82) is 0 Å². The maximum absolute atomic E-state index is 12.4. The average molecular weight is 425 g/mol. The van der Waals surface area contributed by atoms with Crippen LogP contribution in [0.25, 0.3) is 6.08 Å². The van der Waals surface area contributed by atoms with Crippen LogP contribution in [0.4, 0.5) is 5.69 Å². The summed E-state index contributed by atoms with van der Waals surface area (Å²) in [7, 11) is 0. The number of non-ortho nitro benzene ring substituents is 1. The summed E-state index contributed by atoms with van der Waals surface area (Å²) in [5.74, 6) is -1.18. The Morgan fingerprint density at radius 3 is 2.58 bits per heavy atom. The van der Waals surface area contributed by atoms with E-state index in [1.165, 1.54) is 30.3 Å². The highest BCUT2D eigenvalue weighted by molar-refractivity contribution is 5.87. The van der Waals surface area contributed by atoms with Crippen molar-refractivity contribution in [3.05, 3.63) is 81.9 Å². The van der Waals surface area contributed by atoms with Gasteiger partial charge in [-0.05, 0) is 29.3 Å². The van der Waals surface area contributed by atoms with E-state index in [2.05, 4.69) is 0 Å². The molecule has 0 spiro atoms. The Labute approximate surface area is 177 Å². The maximum Gasteiger partial charge on any atom is 0.331 e. The molecule has 2 aromatic rings. The lowest BCUT2D eigenvalue weighted by molar-refractivity contribution is -0.384. The predicted octanol–water partition coefficient (Wildman–Crippen LogP) is 2.34. The van der Waals surface area contributed by atoms with Gasteiger partial charge in [-0.1, -0.05) is 30.3 Å². The van der Waals surface area contributed by atoms with Crippen LogP contribution in [0.3, 0.4) is 0 Å². The van der Waals surface area contributed by atoms with E-state index >= 15 is 0 Å². The maximum atomic E-state index is 12.4. The molecule has 160 valence electrons. The van der Waals surface area contributed by atoms with Crippen LogP contribution in [0.2, 0.25) is 0 Å². The number of fused-ring (bicyclic) bond motifs is 1. The van der Waals surface area contributed by atoms with Gasteiger partial charge >= 0.3 is 11.9 Å². The zero-order valence-electron chi connectivity index (χ0n) is 16.2. The van der Waals surface area contributed by atoms with Crippen molar-refractivity contribution in [2.45, 2.75) is 36.9 Å². The number of ether oxygens (including phenoxy) is 3. The van der Waals surface area contributed by atoms with E-state index in [1.54, 1.807) is 24.3 Å². The number of aliphatic hydroxyl groups is 1. The number of rotatable bonds is 6. The fourth-order valence-corrected chi connectivity index (χ4v) is 3.70. The minimum Gasteiger partial charge on any atom is -0.455 e. The number of nitro benzene ring substituents is 1. The average Bonchev–Trinajstić information content (AvgIpc) is 3.29. The Morgan fingerprint density at radius 2 is 1.90 bits per heavy atom. The highest BCUT2D eigenvalue weighted by atomic mass is 16.7. The molecule has 0 bridgehead atoms. The van der Waals surface area contributed by atoms with Gasteiger partial charge in [0.25, 0.3) is 5.69 Å². The first kappa shape index (κ1) is 20.7. The number of esters is 2. The highest BCUT2D eigenvalue weighted by Gasteiger charge is 2.55. The Morgan fingerprint density at radius 1 is 1.19 bits per heavy atom. The summed E-state index contributed by atoms with van der Waals surface area (Å²) >= 11 is 0. The smallest absolute Gasteiger partial charge is 0.331 e. The number of benzene rings is 2. The van der Waals surface area contributed by atoms with E-state index in [-0.39, 0.29) is 12.1 Å². The van der Waals surface area contributed by atoms with E-state index < -0.39 is 47.4 Å². The van der Waals surface area contributed by atoms with Crippen molar-refractivity contribution in [2.24, 2.45) is 0 Å². The lowest BCUT2D eigenvalue weighted by atomic mass is 9.98. The van der Waals surface area contributed by atoms with Crippen molar-refractivity contribution < 1.29 is 33.8 Å². The molecule has 9 nitrogen and oxygen atoms in total. The van der Waals surface area contributed by atoms with Gasteiger partial charge in [0.1, 0.15) is 18.3 Å². The Kier molecular flexibility index (Phi) is 5.79. The lowest BCUT2D eigenvalue weighted by Crippen LogP contribution is -2.39. The van der Waals surface area contributed by atoms with Crippen LogP contribution in [0.15, 0.2) is 60.7 Å². The normalized spacial score (nSPS) is 25.8. The second-order valence-corrected chi connectivity index (χ2v) is 7.24. The van der Waals surface area contributed by atoms with Crippen LogP contribution in [0.5, 0.6) is 0 Å². The first-order valence-electron chi connectivity index (χ1n) is 9.63. The van der Waals surface area contributed by atoms with E-state index in [0.29, 0.717) is 11.1 Å². The molecule has 0 radical (unpaired) electrons. The molecule has 0 aliphatic carbocycles. The molecule has 9 heteroatoms. The summed E-state index contributed by atoms with van der Waals surface area (Å²) in [6.07, 6.45) is -1.74. The molecule has 0 unspecified atom stereocenters. The molecule has 2 aliphatic heterocycles.